The summed E-state index contributed by atoms with van der Waals surface area (Å²) in [6.45, 7) is 4.53. The second kappa shape index (κ2) is 6.28. The zero-order valence-corrected chi connectivity index (χ0v) is 13.4. The standard InChI is InChI=1S/C17H10.C2H8Si/c1-3-12-9-10-16-15-8-6-5-7-13(15)11-17(16)14(12)4-2;1-3-2/h1-2,5-10H,11H2;3H2,1-2H3. The molecule has 0 heterocycles. The molecule has 0 saturated heterocycles. The van der Waals surface area contributed by atoms with Gasteiger partial charge in [-0.25, -0.2) is 0 Å². The lowest BCUT2D eigenvalue weighted by atomic mass is 9.97. The Balaban J connectivity index is 0.000000452. The quantitative estimate of drug-likeness (QED) is 0.435. The molecule has 0 atom stereocenters. The van der Waals surface area contributed by atoms with Gasteiger partial charge in [-0.1, -0.05) is 55.3 Å². The van der Waals surface area contributed by atoms with Gasteiger partial charge in [-0.3, -0.25) is 0 Å². The molecule has 0 aliphatic heterocycles. The maximum atomic E-state index is 5.59. The largest absolute Gasteiger partial charge is 0.115 e. The van der Waals surface area contributed by atoms with Gasteiger partial charge in [0.15, 0.2) is 0 Å². The molecule has 2 aromatic rings. The summed E-state index contributed by atoms with van der Waals surface area (Å²) in [6.07, 6.45) is 12.0. The molecule has 0 unspecified atom stereocenters. The zero-order chi connectivity index (χ0) is 14.5. The summed E-state index contributed by atoms with van der Waals surface area (Å²) in [5, 5.41) is 0. The molecule has 0 fully saturated rings. The first-order valence-electron chi connectivity index (χ1n) is 6.94. The molecule has 3 rings (SSSR count). The Bertz CT molecular complexity index is 712. The zero-order valence-electron chi connectivity index (χ0n) is 12.0. The Morgan fingerprint density at radius 1 is 0.950 bits per heavy atom. The predicted molar refractivity (Wildman–Crippen MR) is 90.8 cm³/mol. The van der Waals surface area contributed by atoms with Crippen LogP contribution in [-0.4, -0.2) is 9.52 Å². The highest BCUT2D eigenvalue weighted by molar-refractivity contribution is 6.31. The Morgan fingerprint density at radius 2 is 1.65 bits per heavy atom. The second-order valence-corrected chi connectivity index (χ2v) is 6.26. The fourth-order valence-corrected chi connectivity index (χ4v) is 2.50. The van der Waals surface area contributed by atoms with Crippen molar-refractivity contribution in [3.63, 3.8) is 0 Å². The van der Waals surface area contributed by atoms with E-state index in [0.29, 0.717) is 9.52 Å². The highest BCUT2D eigenvalue weighted by atomic mass is 28.2. The molecule has 98 valence electrons. The average molecular weight is 274 g/mol. The van der Waals surface area contributed by atoms with Crippen molar-refractivity contribution >= 4 is 9.52 Å². The van der Waals surface area contributed by atoms with E-state index in [-0.39, 0.29) is 0 Å². The van der Waals surface area contributed by atoms with E-state index in [0.717, 1.165) is 17.5 Å². The van der Waals surface area contributed by atoms with Crippen LogP contribution in [0.5, 0.6) is 0 Å². The Labute approximate surface area is 124 Å². The highest BCUT2D eigenvalue weighted by Gasteiger charge is 2.21. The van der Waals surface area contributed by atoms with E-state index in [4.69, 9.17) is 12.8 Å². The van der Waals surface area contributed by atoms with Gasteiger partial charge in [0.25, 0.3) is 0 Å². The maximum Gasteiger partial charge on any atom is 0.0440 e. The van der Waals surface area contributed by atoms with Gasteiger partial charge in [0, 0.05) is 20.6 Å². The second-order valence-electron chi connectivity index (χ2n) is 4.84. The van der Waals surface area contributed by atoms with E-state index in [1.165, 1.54) is 22.3 Å². The molecule has 20 heavy (non-hydrogen) atoms. The van der Waals surface area contributed by atoms with Crippen LogP contribution in [0.25, 0.3) is 11.1 Å². The lowest BCUT2D eigenvalue weighted by Gasteiger charge is -2.05. The van der Waals surface area contributed by atoms with Crippen LogP contribution >= 0.6 is 0 Å². The molecule has 0 nitrogen and oxygen atoms in total. The predicted octanol–water partition coefficient (Wildman–Crippen LogP) is 3.47. The lowest BCUT2D eigenvalue weighted by molar-refractivity contribution is 1.25. The third-order valence-electron chi connectivity index (χ3n) is 3.29. The third-order valence-corrected chi connectivity index (χ3v) is 3.29. The molecule has 0 spiro atoms. The fraction of sp³-hybridized carbons (Fsp3) is 0.158. The van der Waals surface area contributed by atoms with E-state index in [9.17, 15) is 0 Å². The van der Waals surface area contributed by atoms with Gasteiger partial charge >= 0.3 is 0 Å². The van der Waals surface area contributed by atoms with Crippen LogP contribution in [0.4, 0.5) is 0 Å². The minimum Gasteiger partial charge on any atom is -0.115 e. The van der Waals surface area contributed by atoms with Crippen LogP contribution in [0.15, 0.2) is 36.4 Å². The van der Waals surface area contributed by atoms with Crippen LogP contribution in [0, 0.1) is 24.7 Å². The SMILES string of the molecule is C#Cc1ccc2c(c1C#C)Cc1ccccc1-2.C[SiH2]C. The normalized spacial score (nSPS) is 10.4. The van der Waals surface area contributed by atoms with Crippen molar-refractivity contribution in [2.75, 3.05) is 0 Å². The molecule has 0 amide bonds. The van der Waals surface area contributed by atoms with E-state index in [2.05, 4.69) is 55.3 Å². The van der Waals surface area contributed by atoms with Gasteiger partial charge in [-0.05, 0) is 34.7 Å². The number of hydrogen-bond acceptors (Lipinski definition) is 0. The van der Waals surface area contributed by atoms with Gasteiger partial charge in [0.1, 0.15) is 0 Å². The number of fused-ring (bicyclic) bond motifs is 3. The van der Waals surface area contributed by atoms with Crippen molar-refractivity contribution in [3.8, 4) is 35.8 Å². The molecule has 1 aliphatic rings. The molecule has 2 aromatic carbocycles. The first kappa shape index (κ1) is 14.2. The van der Waals surface area contributed by atoms with E-state index in [1.54, 1.807) is 0 Å². The molecule has 0 bridgehead atoms. The highest BCUT2D eigenvalue weighted by Crippen LogP contribution is 2.38. The van der Waals surface area contributed by atoms with Crippen LogP contribution < -0.4 is 0 Å². The van der Waals surface area contributed by atoms with Gasteiger partial charge in [0.05, 0.1) is 0 Å². The summed E-state index contributed by atoms with van der Waals surface area (Å²) in [6, 6.07) is 12.4. The van der Waals surface area contributed by atoms with Crippen molar-refractivity contribution in [3.05, 3.63) is 58.7 Å². The van der Waals surface area contributed by atoms with Crippen molar-refractivity contribution in [1.29, 1.82) is 0 Å². The summed E-state index contributed by atoms with van der Waals surface area (Å²) in [4.78, 5) is 0. The fourth-order valence-electron chi connectivity index (χ4n) is 2.50. The molecule has 0 saturated carbocycles. The summed E-state index contributed by atoms with van der Waals surface area (Å²) in [7, 11) is 0.417. The molecule has 0 aromatic heterocycles. The van der Waals surface area contributed by atoms with Crippen molar-refractivity contribution in [1.82, 2.24) is 0 Å². The van der Waals surface area contributed by atoms with Crippen LogP contribution in [0.3, 0.4) is 0 Å². The van der Waals surface area contributed by atoms with Crippen LogP contribution in [-0.2, 0) is 6.42 Å². The number of benzene rings is 2. The maximum absolute atomic E-state index is 5.59. The summed E-state index contributed by atoms with van der Waals surface area (Å²) >= 11 is 0. The molecular formula is C19H18Si. The van der Waals surface area contributed by atoms with Gasteiger partial charge in [0.2, 0.25) is 0 Å². The van der Waals surface area contributed by atoms with Crippen LogP contribution in [0.1, 0.15) is 22.3 Å². The third kappa shape index (κ3) is 2.41. The summed E-state index contributed by atoms with van der Waals surface area (Å²) in [5.74, 6) is 5.40. The lowest BCUT2D eigenvalue weighted by Crippen LogP contribution is -1.92. The number of hydrogen-bond donors (Lipinski definition) is 0. The van der Waals surface area contributed by atoms with Crippen molar-refractivity contribution in [2.24, 2.45) is 0 Å². The first-order chi connectivity index (χ1) is 9.76. The topological polar surface area (TPSA) is 0 Å². The molecule has 1 heteroatoms. The van der Waals surface area contributed by atoms with Crippen molar-refractivity contribution in [2.45, 2.75) is 19.5 Å². The molecule has 0 radical (unpaired) electrons. The molecule has 0 N–H and O–H groups in total. The smallest absolute Gasteiger partial charge is 0.0440 e. The molecular weight excluding hydrogens is 256 g/mol. The van der Waals surface area contributed by atoms with Gasteiger partial charge in [-0.15, -0.1) is 12.8 Å². The van der Waals surface area contributed by atoms with E-state index in [1.807, 2.05) is 6.07 Å². The van der Waals surface area contributed by atoms with Gasteiger partial charge < -0.3 is 0 Å². The Kier molecular flexibility index (Phi) is 4.46. The van der Waals surface area contributed by atoms with E-state index < -0.39 is 0 Å². The van der Waals surface area contributed by atoms with Gasteiger partial charge in [-0.2, -0.15) is 0 Å². The van der Waals surface area contributed by atoms with E-state index >= 15 is 0 Å². The average Bonchev–Trinajstić information content (AvgIpc) is 2.85. The minimum atomic E-state index is 0.417. The summed E-state index contributed by atoms with van der Waals surface area (Å²) in [5.41, 5.74) is 6.73. The first-order valence-corrected chi connectivity index (χ1v) is 9.77. The van der Waals surface area contributed by atoms with Crippen LogP contribution in [0.2, 0.25) is 13.1 Å². The molecule has 1 aliphatic carbocycles. The Hall–Kier alpha value is -2.22. The minimum absolute atomic E-state index is 0.417. The monoisotopic (exact) mass is 274 g/mol. The number of rotatable bonds is 0. The summed E-state index contributed by atoms with van der Waals surface area (Å²) < 4.78 is 0. The Morgan fingerprint density at radius 3 is 2.30 bits per heavy atom. The number of terminal acetylenes is 2. The van der Waals surface area contributed by atoms with Crippen molar-refractivity contribution < 1.29 is 0 Å².